The molecule has 0 saturated carbocycles. The van der Waals surface area contributed by atoms with Crippen LogP contribution in [0.2, 0.25) is 0 Å². The van der Waals surface area contributed by atoms with Gasteiger partial charge in [-0.05, 0) is 13.8 Å². The van der Waals surface area contributed by atoms with Crippen molar-refractivity contribution in [3.63, 3.8) is 0 Å². The van der Waals surface area contributed by atoms with E-state index in [4.69, 9.17) is 10.9 Å². The van der Waals surface area contributed by atoms with Gasteiger partial charge in [0, 0.05) is 31.4 Å². The minimum atomic E-state index is 0.124. The molecule has 0 fully saturated rings. The van der Waals surface area contributed by atoms with Gasteiger partial charge in [-0.2, -0.15) is 0 Å². The molecule has 1 unspecified atom stereocenters. The maximum Gasteiger partial charge on any atom is 0.140 e. The molecule has 0 aliphatic carbocycles. The Bertz CT molecular complexity index is 349. The molecule has 0 aliphatic heterocycles. The highest BCUT2D eigenvalue weighted by Crippen LogP contribution is 1.96. The molecule has 1 heterocycles. The van der Waals surface area contributed by atoms with Gasteiger partial charge in [-0.1, -0.05) is 5.16 Å². The van der Waals surface area contributed by atoms with Gasteiger partial charge in [0.2, 0.25) is 0 Å². The normalized spacial score (nSPS) is 13.8. The van der Waals surface area contributed by atoms with Crippen molar-refractivity contribution in [2.45, 2.75) is 32.9 Å². The number of hydrogen-bond donors (Lipinski definition) is 3. The van der Waals surface area contributed by atoms with Gasteiger partial charge in [0.15, 0.2) is 0 Å². The molecule has 6 nitrogen and oxygen atoms in total. The molecule has 0 spiro atoms. The third-order valence-corrected chi connectivity index (χ3v) is 2.11. The van der Waals surface area contributed by atoms with E-state index in [-0.39, 0.29) is 11.9 Å². The van der Waals surface area contributed by atoms with Gasteiger partial charge in [0.05, 0.1) is 11.4 Å². The summed E-state index contributed by atoms with van der Waals surface area (Å²) in [6, 6.07) is 0.124. The van der Waals surface area contributed by atoms with E-state index in [0.29, 0.717) is 13.0 Å². The number of aromatic nitrogens is 2. The van der Waals surface area contributed by atoms with Crippen LogP contribution >= 0.6 is 0 Å². The van der Waals surface area contributed by atoms with Gasteiger partial charge < -0.3 is 16.3 Å². The SMILES string of the molecule is Cc1cnc(CNC(C)CC(N)=NO)cn1. The van der Waals surface area contributed by atoms with Crippen LogP contribution in [0.4, 0.5) is 0 Å². The summed E-state index contributed by atoms with van der Waals surface area (Å²) in [7, 11) is 0. The van der Waals surface area contributed by atoms with Crippen molar-refractivity contribution < 1.29 is 5.21 Å². The van der Waals surface area contributed by atoms with Crippen molar-refractivity contribution in [3.05, 3.63) is 23.8 Å². The fourth-order valence-electron chi connectivity index (χ4n) is 1.22. The molecule has 88 valence electrons. The van der Waals surface area contributed by atoms with Crippen LogP contribution in [0.25, 0.3) is 0 Å². The van der Waals surface area contributed by atoms with E-state index < -0.39 is 0 Å². The predicted octanol–water partition coefficient (Wildman–Crippen LogP) is 0.400. The predicted molar refractivity (Wildman–Crippen MR) is 61.1 cm³/mol. The quantitative estimate of drug-likeness (QED) is 0.290. The Balaban J connectivity index is 2.37. The first kappa shape index (κ1) is 12.4. The van der Waals surface area contributed by atoms with E-state index >= 15 is 0 Å². The van der Waals surface area contributed by atoms with Crippen molar-refractivity contribution in [1.29, 1.82) is 0 Å². The first-order chi connectivity index (χ1) is 7.61. The summed E-state index contributed by atoms with van der Waals surface area (Å²) in [5.74, 6) is 0.218. The number of nitrogens with zero attached hydrogens (tertiary/aromatic N) is 3. The highest BCUT2D eigenvalue weighted by molar-refractivity contribution is 5.80. The van der Waals surface area contributed by atoms with Gasteiger partial charge in [0.1, 0.15) is 5.84 Å². The Morgan fingerprint density at radius 2 is 2.31 bits per heavy atom. The molecule has 0 radical (unpaired) electrons. The van der Waals surface area contributed by atoms with E-state index in [1.54, 1.807) is 12.4 Å². The number of nitrogens with two attached hydrogens (primary N) is 1. The minimum Gasteiger partial charge on any atom is -0.409 e. The van der Waals surface area contributed by atoms with Gasteiger partial charge >= 0.3 is 0 Å². The van der Waals surface area contributed by atoms with Crippen LogP contribution < -0.4 is 11.1 Å². The molecule has 1 aromatic heterocycles. The van der Waals surface area contributed by atoms with Gasteiger partial charge in [-0.15, -0.1) is 0 Å². The lowest BCUT2D eigenvalue weighted by atomic mass is 10.2. The summed E-state index contributed by atoms with van der Waals surface area (Å²) in [6.45, 7) is 4.47. The fourth-order valence-corrected chi connectivity index (χ4v) is 1.22. The maximum absolute atomic E-state index is 8.41. The second-order valence-electron chi connectivity index (χ2n) is 3.73. The summed E-state index contributed by atoms with van der Waals surface area (Å²) in [5.41, 5.74) is 7.16. The maximum atomic E-state index is 8.41. The number of amidine groups is 1. The van der Waals surface area contributed by atoms with Gasteiger partial charge in [0.25, 0.3) is 0 Å². The summed E-state index contributed by atoms with van der Waals surface area (Å²) in [4.78, 5) is 8.36. The molecule has 1 atom stereocenters. The zero-order valence-electron chi connectivity index (χ0n) is 9.51. The molecular formula is C10H17N5O. The zero-order valence-corrected chi connectivity index (χ0v) is 9.51. The van der Waals surface area contributed by atoms with Crippen LogP contribution in [0.1, 0.15) is 24.7 Å². The minimum absolute atomic E-state index is 0.124. The number of hydrogen-bond acceptors (Lipinski definition) is 5. The van der Waals surface area contributed by atoms with Crippen LogP contribution in [0.15, 0.2) is 17.5 Å². The Hall–Kier alpha value is -1.69. The monoisotopic (exact) mass is 223 g/mol. The largest absolute Gasteiger partial charge is 0.409 e. The Labute approximate surface area is 94.6 Å². The van der Waals surface area contributed by atoms with E-state index in [0.717, 1.165) is 11.4 Å². The molecule has 0 amide bonds. The third kappa shape index (κ3) is 4.22. The Morgan fingerprint density at radius 3 is 2.88 bits per heavy atom. The van der Waals surface area contributed by atoms with E-state index in [9.17, 15) is 0 Å². The average molecular weight is 223 g/mol. The smallest absolute Gasteiger partial charge is 0.140 e. The highest BCUT2D eigenvalue weighted by atomic mass is 16.4. The first-order valence-electron chi connectivity index (χ1n) is 5.09. The van der Waals surface area contributed by atoms with Crippen molar-refractivity contribution in [3.8, 4) is 0 Å². The van der Waals surface area contributed by atoms with Crippen LogP contribution in [-0.2, 0) is 6.54 Å². The molecule has 4 N–H and O–H groups in total. The van der Waals surface area contributed by atoms with Crippen molar-refractivity contribution in [1.82, 2.24) is 15.3 Å². The van der Waals surface area contributed by atoms with Crippen molar-refractivity contribution in [2.75, 3.05) is 0 Å². The van der Waals surface area contributed by atoms with Crippen LogP contribution in [0.5, 0.6) is 0 Å². The second kappa shape index (κ2) is 6.02. The summed E-state index contributed by atoms with van der Waals surface area (Å²) in [6.07, 6.45) is 3.96. The lowest BCUT2D eigenvalue weighted by Gasteiger charge is -2.12. The molecule has 0 saturated heterocycles. The summed E-state index contributed by atoms with van der Waals surface area (Å²) in [5, 5.41) is 14.5. The molecule has 1 rings (SSSR count). The number of nitrogens with one attached hydrogen (secondary N) is 1. The number of rotatable bonds is 5. The molecule has 0 aromatic carbocycles. The second-order valence-corrected chi connectivity index (χ2v) is 3.73. The standard InChI is InChI=1S/C10H17N5O/c1-7(3-10(11)15-16)12-5-9-6-13-8(2)4-14-9/h4,6-7,12,16H,3,5H2,1-2H3,(H2,11,15). The zero-order chi connectivity index (χ0) is 12.0. The topological polar surface area (TPSA) is 96.4 Å². The molecule has 16 heavy (non-hydrogen) atoms. The lowest BCUT2D eigenvalue weighted by Crippen LogP contribution is -2.31. The molecule has 1 aromatic rings. The van der Waals surface area contributed by atoms with E-state index in [1.165, 1.54) is 0 Å². The third-order valence-electron chi connectivity index (χ3n) is 2.11. The van der Waals surface area contributed by atoms with Crippen molar-refractivity contribution in [2.24, 2.45) is 10.9 Å². The van der Waals surface area contributed by atoms with Gasteiger partial charge in [-0.25, -0.2) is 0 Å². The lowest BCUT2D eigenvalue weighted by molar-refractivity contribution is 0.315. The fraction of sp³-hybridized carbons (Fsp3) is 0.500. The van der Waals surface area contributed by atoms with Crippen molar-refractivity contribution >= 4 is 5.84 Å². The molecule has 6 heteroatoms. The molecule has 0 bridgehead atoms. The number of oxime groups is 1. The number of aryl methyl sites for hydroxylation is 1. The first-order valence-corrected chi connectivity index (χ1v) is 5.09. The van der Waals surface area contributed by atoms with E-state index in [1.807, 2.05) is 13.8 Å². The van der Waals surface area contributed by atoms with Crippen LogP contribution in [-0.4, -0.2) is 27.1 Å². The Kier molecular flexibility index (Phi) is 4.65. The van der Waals surface area contributed by atoms with Crippen LogP contribution in [0, 0.1) is 6.92 Å². The summed E-state index contributed by atoms with van der Waals surface area (Å²) < 4.78 is 0. The Morgan fingerprint density at radius 1 is 1.56 bits per heavy atom. The molecular weight excluding hydrogens is 206 g/mol. The highest BCUT2D eigenvalue weighted by Gasteiger charge is 2.04. The average Bonchev–Trinajstić information content (AvgIpc) is 2.28. The molecule has 0 aliphatic rings. The van der Waals surface area contributed by atoms with E-state index in [2.05, 4.69) is 20.4 Å². The van der Waals surface area contributed by atoms with Gasteiger partial charge in [-0.3, -0.25) is 9.97 Å². The van der Waals surface area contributed by atoms with Crippen LogP contribution in [0.3, 0.4) is 0 Å². The summed E-state index contributed by atoms with van der Waals surface area (Å²) >= 11 is 0.